The number of carbonyl (C=O) groups excluding carboxylic acids is 2. The summed E-state index contributed by atoms with van der Waals surface area (Å²) in [5.74, 6) is -3.01. The van der Waals surface area contributed by atoms with Crippen LogP contribution in [0.5, 0.6) is 0 Å². The number of hydrogen-bond acceptors (Lipinski definition) is 7. The first-order valence-electron chi connectivity index (χ1n) is 11.0. The van der Waals surface area contributed by atoms with E-state index in [1.54, 1.807) is 31.4 Å². The molecule has 3 aromatic rings. The van der Waals surface area contributed by atoms with Crippen LogP contribution in [0.25, 0.3) is 11.3 Å². The number of carboxylic acid groups (broad SMARTS) is 1. The molecule has 10 nitrogen and oxygen atoms in total. The summed E-state index contributed by atoms with van der Waals surface area (Å²) < 4.78 is 13.1. The van der Waals surface area contributed by atoms with Crippen LogP contribution in [0.3, 0.4) is 0 Å². The highest BCUT2D eigenvalue weighted by molar-refractivity contribution is 6.42. The maximum atomic E-state index is 13.0. The van der Waals surface area contributed by atoms with Gasteiger partial charge in [-0.3, -0.25) is 4.79 Å². The highest BCUT2D eigenvalue weighted by Gasteiger charge is 2.28. The molecule has 2 aromatic heterocycles. The average molecular weight is 536 g/mol. The summed E-state index contributed by atoms with van der Waals surface area (Å²) in [4.78, 5) is 54.1. The van der Waals surface area contributed by atoms with Crippen molar-refractivity contribution in [1.82, 2.24) is 14.1 Å². The molecule has 0 saturated carbocycles. The van der Waals surface area contributed by atoms with Gasteiger partial charge >= 0.3 is 17.9 Å². The molecule has 0 aliphatic rings. The van der Waals surface area contributed by atoms with Gasteiger partial charge in [0.05, 0.1) is 41.8 Å². The molecule has 0 aliphatic heterocycles. The van der Waals surface area contributed by atoms with Gasteiger partial charge < -0.3 is 23.7 Å². The molecule has 0 aliphatic carbocycles. The molecule has 36 heavy (non-hydrogen) atoms. The fourth-order valence-corrected chi connectivity index (χ4v) is 4.08. The van der Waals surface area contributed by atoms with Crippen LogP contribution in [0, 0.1) is 0 Å². The van der Waals surface area contributed by atoms with Crippen LogP contribution in [0.1, 0.15) is 57.8 Å². The van der Waals surface area contributed by atoms with E-state index in [0.29, 0.717) is 11.3 Å². The molecule has 2 heterocycles. The van der Waals surface area contributed by atoms with Gasteiger partial charge in [-0.1, -0.05) is 29.3 Å². The van der Waals surface area contributed by atoms with Crippen molar-refractivity contribution in [2.45, 2.75) is 33.9 Å². The normalized spacial score (nSPS) is 10.8. The number of esters is 2. The Bertz CT molecular complexity index is 1400. The van der Waals surface area contributed by atoms with Crippen molar-refractivity contribution < 1.29 is 29.0 Å². The molecule has 190 valence electrons. The number of carbonyl (C=O) groups is 3. The molecule has 0 saturated heterocycles. The summed E-state index contributed by atoms with van der Waals surface area (Å²) in [5.41, 5.74) is -0.724. The third-order valence-electron chi connectivity index (χ3n) is 5.23. The first-order valence-corrected chi connectivity index (χ1v) is 11.7. The zero-order valence-electron chi connectivity index (χ0n) is 19.7. The summed E-state index contributed by atoms with van der Waals surface area (Å²) in [6, 6.07) is 5.71. The highest BCUT2D eigenvalue weighted by Crippen LogP contribution is 2.31. The van der Waals surface area contributed by atoms with E-state index >= 15 is 0 Å². The van der Waals surface area contributed by atoms with Crippen molar-refractivity contribution in [1.29, 1.82) is 0 Å². The molecule has 0 radical (unpaired) electrons. The molecule has 0 bridgehead atoms. The summed E-state index contributed by atoms with van der Waals surface area (Å²) in [5, 5.41) is 10.3. The predicted octanol–water partition coefficient (Wildman–Crippen LogP) is 4.14. The van der Waals surface area contributed by atoms with Crippen LogP contribution < -0.4 is 5.43 Å². The molecular weight excluding hydrogens is 513 g/mol. The van der Waals surface area contributed by atoms with E-state index in [4.69, 9.17) is 32.7 Å². The van der Waals surface area contributed by atoms with E-state index in [1.165, 1.54) is 29.1 Å². The maximum Gasteiger partial charge on any atom is 0.359 e. The number of aromatic nitrogens is 3. The summed E-state index contributed by atoms with van der Waals surface area (Å²) in [7, 11) is 0. The van der Waals surface area contributed by atoms with Gasteiger partial charge in [0.1, 0.15) is 5.56 Å². The van der Waals surface area contributed by atoms with Crippen molar-refractivity contribution >= 4 is 41.1 Å². The molecule has 3 rings (SSSR count). The number of ether oxygens (including phenoxy) is 2. The molecule has 12 heteroatoms. The predicted molar refractivity (Wildman–Crippen MR) is 132 cm³/mol. The fraction of sp³-hybridized carbons (Fsp3) is 0.292. The van der Waals surface area contributed by atoms with Gasteiger partial charge in [-0.2, -0.15) is 0 Å². The smallest absolute Gasteiger partial charge is 0.359 e. The van der Waals surface area contributed by atoms with Gasteiger partial charge in [-0.25, -0.2) is 19.4 Å². The maximum absolute atomic E-state index is 13.0. The number of nitrogens with zero attached hydrogens (tertiary/aromatic N) is 3. The molecule has 0 atom stereocenters. The van der Waals surface area contributed by atoms with Crippen LogP contribution in [0.4, 0.5) is 0 Å². The van der Waals surface area contributed by atoms with E-state index in [2.05, 4.69) is 4.98 Å². The summed E-state index contributed by atoms with van der Waals surface area (Å²) in [6.07, 6.45) is 1.26. The van der Waals surface area contributed by atoms with Gasteiger partial charge in [0.2, 0.25) is 0 Å². The van der Waals surface area contributed by atoms with E-state index in [0.717, 1.165) is 0 Å². The van der Waals surface area contributed by atoms with Crippen molar-refractivity contribution in [2.24, 2.45) is 0 Å². The Kier molecular flexibility index (Phi) is 8.54. The van der Waals surface area contributed by atoms with Crippen molar-refractivity contribution in [3.8, 4) is 11.3 Å². The standard InChI is InChI=1S/C24H23Cl2N3O7/c1-4-29-14(11-28-12-27-19(23(33)35-5-2)21(28)24(34)36-6-3)10-17(30)18(22(31)32)20(29)13-7-8-15(25)16(26)9-13/h7-10,12H,4-6,11H2,1-3H3,(H,31,32). The second-order valence-corrected chi connectivity index (χ2v) is 8.23. The van der Waals surface area contributed by atoms with Crippen LogP contribution in [-0.2, 0) is 22.6 Å². The lowest BCUT2D eigenvalue weighted by Crippen LogP contribution is -2.25. The Morgan fingerprint density at radius 1 is 1.00 bits per heavy atom. The van der Waals surface area contributed by atoms with Gasteiger partial charge in [0.15, 0.2) is 16.8 Å². The second kappa shape index (κ2) is 11.4. The lowest BCUT2D eigenvalue weighted by Gasteiger charge is -2.20. The minimum atomic E-state index is -1.41. The highest BCUT2D eigenvalue weighted by atomic mass is 35.5. The Morgan fingerprint density at radius 2 is 1.67 bits per heavy atom. The molecule has 0 fully saturated rings. The number of benzene rings is 1. The van der Waals surface area contributed by atoms with E-state index in [1.807, 2.05) is 0 Å². The van der Waals surface area contributed by atoms with Crippen molar-refractivity contribution in [3.63, 3.8) is 0 Å². The lowest BCUT2D eigenvalue weighted by molar-refractivity contribution is 0.0467. The lowest BCUT2D eigenvalue weighted by atomic mass is 10.0. The molecule has 0 spiro atoms. The number of hydrogen-bond donors (Lipinski definition) is 1. The first kappa shape index (κ1) is 27.0. The quantitative estimate of drug-likeness (QED) is 0.404. The van der Waals surface area contributed by atoms with Gasteiger partial charge in [0.25, 0.3) is 0 Å². The molecule has 1 aromatic carbocycles. The number of halogens is 2. The van der Waals surface area contributed by atoms with Crippen LogP contribution in [0.2, 0.25) is 10.0 Å². The summed E-state index contributed by atoms with van der Waals surface area (Å²) in [6.45, 7) is 5.30. The number of aromatic carboxylic acids is 1. The Balaban J connectivity index is 2.25. The molecule has 0 unspecified atom stereocenters. The Morgan fingerprint density at radius 3 is 2.25 bits per heavy atom. The van der Waals surface area contributed by atoms with Gasteiger partial charge in [-0.15, -0.1) is 0 Å². The second-order valence-electron chi connectivity index (χ2n) is 7.41. The van der Waals surface area contributed by atoms with Gasteiger partial charge in [-0.05, 0) is 32.9 Å². The molecule has 0 amide bonds. The average Bonchev–Trinajstić information content (AvgIpc) is 3.24. The zero-order valence-corrected chi connectivity index (χ0v) is 21.2. The van der Waals surface area contributed by atoms with E-state index in [-0.39, 0.29) is 53.4 Å². The fourth-order valence-electron chi connectivity index (χ4n) is 3.78. The van der Waals surface area contributed by atoms with Crippen LogP contribution >= 0.6 is 23.2 Å². The third-order valence-corrected chi connectivity index (χ3v) is 5.97. The number of imidazole rings is 1. The molecular formula is C24H23Cl2N3O7. The van der Waals surface area contributed by atoms with Crippen molar-refractivity contribution in [2.75, 3.05) is 13.2 Å². The van der Waals surface area contributed by atoms with Crippen molar-refractivity contribution in [3.05, 3.63) is 73.5 Å². The minimum absolute atomic E-state index is 0.0563. The van der Waals surface area contributed by atoms with Gasteiger partial charge in [0, 0.05) is 23.9 Å². The van der Waals surface area contributed by atoms with E-state index < -0.39 is 28.9 Å². The first-order chi connectivity index (χ1) is 17.1. The third kappa shape index (κ3) is 5.29. The zero-order chi connectivity index (χ0) is 26.6. The number of carboxylic acids is 1. The number of pyridine rings is 1. The Hall–Kier alpha value is -3.63. The largest absolute Gasteiger partial charge is 0.477 e. The van der Waals surface area contributed by atoms with E-state index in [9.17, 15) is 24.3 Å². The SMILES string of the molecule is CCOC(=O)c1ncn(Cc2cc(=O)c(C(=O)O)c(-c3ccc(Cl)c(Cl)c3)n2CC)c1C(=O)OCC. The number of rotatable bonds is 9. The topological polar surface area (TPSA) is 130 Å². The minimum Gasteiger partial charge on any atom is -0.477 e. The van der Waals surface area contributed by atoms with Crippen LogP contribution in [0.15, 0.2) is 35.4 Å². The monoisotopic (exact) mass is 535 g/mol. The Labute approximate surface area is 216 Å². The van der Waals surface area contributed by atoms with Crippen LogP contribution in [-0.4, -0.2) is 50.3 Å². The molecule has 1 N–H and O–H groups in total. The summed E-state index contributed by atoms with van der Waals surface area (Å²) >= 11 is 12.2.